The Kier molecular flexibility index (Phi) is 9.73. The van der Waals surface area contributed by atoms with E-state index in [1.165, 1.54) is 4.90 Å². The number of hydrogen-bond donors (Lipinski definition) is 1. The lowest BCUT2D eigenvalue weighted by molar-refractivity contribution is -0.141. The summed E-state index contributed by atoms with van der Waals surface area (Å²) in [5, 5.41) is 0. The van der Waals surface area contributed by atoms with Crippen molar-refractivity contribution in [2.75, 3.05) is 40.6 Å². The summed E-state index contributed by atoms with van der Waals surface area (Å²) >= 11 is 0. The molecule has 1 heterocycles. The second-order valence-electron chi connectivity index (χ2n) is 5.51. The number of nitrogens with two attached hydrogens (primary N) is 1. The summed E-state index contributed by atoms with van der Waals surface area (Å²) in [4.78, 5) is 36.7. The number of amides is 1. The lowest BCUT2D eigenvalue weighted by Gasteiger charge is -2.34. The molecule has 0 bridgehead atoms. The van der Waals surface area contributed by atoms with Gasteiger partial charge in [0.1, 0.15) is 12.3 Å². The smallest absolute Gasteiger partial charge is 0.410 e. The molecule has 1 unspecified atom stereocenters. The van der Waals surface area contributed by atoms with E-state index >= 15 is 0 Å². The fraction of sp³-hybridized carbons (Fsp3) is 0.588. The van der Waals surface area contributed by atoms with Gasteiger partial charge in [0, 0.05) is 6.54 Å². The van der Waals surface area contributed by atoms with E-state index in [1.807, 2.05) is 6.92 Å². The average molecular weight is 386 g/mol. The zero-order chi connectivity index (χ0) is 20.2. The van der Waals surface area contributed by atoms with Crippen LogP contribution in [0.15, 0.2) is 23.8 Å². The quantitative estimate of drug-likeness (QED) is 0.210. The maximum atomic E-state index is 12.2. The third-order valence-corrected chi connectivity index (χ3v) is 3.63. The highest BCUT2D eigenvalue weighted by Gasteiger charge is 2.30. The van der Waals surface area contributed by atoms with Crippen LogP contribution in [0, 0.1) is 0 Å². The summed E-state index contributed by atoms with van der Waals surface area (Å²) in [5.41, 5.74) is 6.11. The van der Waals surface area contributed by atoms with Gasteiger partial charge in [0.15, 0.2) is 0 Å². The number of esters is 2. The summed E-state index contributed by atoms with van der Waals surface area (Å²) in [6, 6.07) is -0.634. The van der Waals surface area contributed by atoms with Crippen molar-refractivity contribution in [3.05, 3.63) is 23.8 Å². The van der Waals surface area contributed by atoms with Crippen molar-refractivity contribution >= 4 is 18.0 Å². The molecule has 0 radical (unpaired) electrons. The highest BCUT2D eigenvalue weighted by atomic mass is 16.6. The molecule has 1 saturated heterocycles. The van der Waals surface area contributed by atoms with E-state index in [0.29, 0.717) is 19.8 Å². The van der Waals surface area contributed by atoms with Crippen LogP contribution in [0.25, 0.3) is 0 Å². The lowest BCUT2D eigenvalue weighted by Crippen LogP contribution is -2.51. The van der Waals surface area contributed by atoms with Crippen molar-refractivity contribution in [3.8, 4) is 0 Å². The Hall–Kier alpha value is -2.75. The molecular weight excluding hydrogens is 360 g/mol. The molecule has 1 aliphatic rings. The minimum atomic E-state index is -0.889. The Bertz CT molecular complexity index is 587. The Balaban J connectivity index is 2.86. The number of hydrogen-bond acceptors (Lipinski definition) is 9. The number of unbranched alkanes of at least 4 members (excludes halogenated alkanes) is 1. The fourth-order valence-electron chi connectivity index (χ4n) is 2.10. The van der Waals surface area contributed by atoms with Crippen molar-refractivity contribution in [2.45, 2.75) is 25.8 Å². The molecule has 10 heteroatoms. The summed E-state index contributed by atoms with van der Waals surface area (Å²) in [6.45, 7) is 3.09. The van der Waals surface area contributed by atoms with Crippen LogP contribution < -0.4 is 5.73 Å². The molecular formula is C17H26N2O8. The first-order chi connectivity index (χ1) is 12.9. The molecule has 0 aromatic carbocycles. The van der Waals surface area contributed by atoms with Gasteiger partial charge >= 0.3 is 18.0 Å². The van der Waals surface area contributed by atoms with E-state index in [0.717, 1.165) is 39.4 Å². The number of rotatable bonds is 8. The normalized spacial score (nSPS) is 17.9. The van der Waals surface area contributed by atoms with Crippen LogP contribution in [-0.4, -0.2) is 69.6 Å². The first-order valence-corrected chi connectivity index (χ1v) is 8.45. The second kappa shape index (κ2) is 11.8. The van der Waals surface area contributed by atoms with Gasteiger partial charge in [-0.05, 0) is 6.42 Å². The molecule has 0 saturated carbocycles. The van der Waals surface area contributed by atoms with Crippen LogP contribution in [0.2, 0.25) is 0 Å². The Morgan fingerprint density at radius 2 is 2.00 bits per heavy atom. The van der Waals surface area contributed by atoms with Gasteiger partial charge in [-0.2, -0.15) is 0 Å². The molecule has 1 aliphatic heterocycles. The van der Waals surface area contributed by atoms with Crippen LogP contribution in [0.3, 0.4) is 0 Å². The largest absolute Gasteiger partial charge is 0.466 e. The van der Waals surface area contributed by atoms with Gasteiger partial charge in [-0.15, -0.1) is 0 Å². The number of carbonyl (C=O) groups is 3. The van der Waals surface area contributed by atoms with E-state index < -0.39 is 29.8 Å². The molecule has 1 rings (SSSR count). The van der Waals surface area contributed by atoms with E-state index in [4.69, 9.17) is 19.9 Å². The van der Waals surface area contributed by atoms with Gasteiger partial charge < -0.3 is 29.4 Å². The minimum Gasteiger partial charge on any atom is -0.466 e. The van der Waals surface area contributed by atoms with Crippen LogP contribution in [0.4, 0.5) is 4.79 Å². The highest BCUT2D eigenvalue weighted by molar-refractivity contribution is 5.94. The first kappa shape index (κ1) is 22.3. The molecule has 0 aromatic heterocycles. The summed E-state index contributed by atoms with van der Waals surface area (Å²) in [7, 11) is 2.28. The average Bonchev–Trinajstić information content (AvgIpc) is 2.69. The van der Waals surface area contributed by atoms with Gasteiger partial charge in [0.2, 0.25) is 5.76 Å². The predicted octanol–water partition coefficient (Wildman–Crippen LogP) is 0.671. The maximum Gasteiger partial charge on any atom is 0.410 e. The molecule has 0 aromatic rings. The molecule has 0 spiro atoms. The van der Waals surface area contributed by atoms with E-state index in [9.17, 15) is 14.4 Å². The minimum absolute atomic E-state index is 0.113. The van der Waals surface area contributed by atoms with Gasteiger partial charge in [-0.1, -0.05) is 13.3 Å². The Labute approximate surface area is 157 Å². The molecule has 2 N–H and O–H groups in total. The molecule has 152 valence electrons. The number of carbonyl (C=O) groups excluding carboxylic acids is 3. The molecule has 1 atom stereocenters. The number of methoxy groups -OCH3 is 2. The predicted molar refractivity (Wildman–Crippen MR) is 93.0 cm³/mol. The van der Waals surface area contributed by atoms with Crippen molar-refractivity contribution in [3.63, 3.8) is 0 Å². The maximum absolute atomic E-state index is 12.2. The van der Waals surface area contributed by atoms with Crippen LogP contribution in [0.5, 0.6) is 0 Å². The van der Waals surface area contributed by atoms with Crippen LogP contribution in [0.1, 0.15) is 19.8 Å². The van der Waals surface area contributed by atoms with Gasteiger partial charge in [-0.25, -0.2) is 14.4 Å². The van der Waals surface area contributed by atoms with Crippen molar-refractivity contribution < 1.29 is 38.1 Å². The van der Waals surface area contributed by atoms with Crippen LogP contribution >= 0.6 is 0 Å². The topological polar surface area (TPSA) is 127 Å². The summed E-state index contributed by atoms with van der Waals surface area (Å²) in [5.74, 6) is -2.11. The standard InChI is InChI=1S/C17H26N2O8/c1-4-5-7-26-17(22)19-6-8-25-11-13(19)12(18)10-27-14(16(21)24-3)9-15(20)23-2/h9-10,13H,4-8,11,18H2,1-3H3/b12-10-,14-9+. The molecule has 10 nitrogen and oxygen atoms in total. The third-order valence-electron chi connectivity index (χ3n) is 3.63. The molecule has 27 heavy (non-hydrogen) atoms. The highest BCUT2D eigenvalue weighted by Crippen LogP contribution is 2.15. The van der Waals surface area contributed by atoms with Gasteiger partial charge in [0.05, 0.1) is 45.8 Å². The first-order valence-electron chi connectivity index (χ1n) is 8.45. The SMILES string of the molecule is CCCCOC(=O)N1CCOCC1/C(N)=C/O/C(=C/C(=O)OC)C(=O)OC. The van der Waals surface area contributed by atoms with Gasteiger partial charge in [-0.3, -0.25) is 4.90 Å². The van der Waals surface area contributed by atoms with E-state index in [1.54, 1.807) is 0 Å². The fourth-order valence-corrected chi connectivity index (χ4v) is 2.10. The molecule has 0 aliphatic carbocycles. The zero-order valence-electron chi connectivity index (χ0n) is 15.8. The summed E-state index contributed by atoms with van der Waals surface area (Å²) in [6.07, 6.45) is 3.03. The van der Waals surface area contributed by atoms with E-state index in [2.05, 4.69) is 9.47 Å². The number of nitrogens with zero attached hydrogens (tertiary/aromatic N) is 1. The van der Waals surface area contributed by atoms with E-state index in [-0.39, 0.29) is 12.3 Å². The molecule has 1 fully saturated rings. The Morgan fingerprint density at radius 1 is 1.26 bits per heavy atom. The summed E-state index contributed by atoms with van der Waals surface area (Å²) < 4.78 is 24.7. The van der Waals surface area contributed by atoms with Gasteiger partial charge in [0.25, 0.3) is 0 Å². The zero-order valence-corrected chi connectivity index (χ0v) is 15.8. The lowest BCUT2D eigenvalue weighted by atomic mass is 10.2. The second-order valence-corrected chi connectivity index (χ2v) is 5.51. The van der Waals surface area contributed by atoms with Crippen molar-refractivity contribution in [2.24, 2.45) is 5.73 Å². The molecule has 1 amide bonds. The Morgan fingerprint density at radius 3 is 2.63 bits per heavy atom. The van der Waals surface area contributed by atoms with Crippen LogP contribution in [-0.2, 0) is 33.3 Å². The number of morpholine rings is 1. The number of ether oxygens (including phenoxy) is 5. The van der Waals surface area contributed by atoms with Crippen molar-refractivity contribution in [1.82, 2.24) is 4.90 Å². The monoisotopic (exact) mass is 386 g/mol. The van der Waals surface area contributed by atoms with Crippen molar-refractivity contribution in [1.29, 1.82) is 0 Å². The third kappa shape index (κ3) is 7.18.